The van der Waals surface area contributed by atoms with Crippen LogP contribution >= 0.6 is 11.3 Å². The Balaban J connectivity index is 1.38. The summed E-state index contributed by atoms with van der Waals surface area (Å²) < 4.78 is 13.6. The van der Waals surface area contributed by atoms with E-state index in [0.29, 0.717) is 17.2 Å². The number of hydrogen-bond donors (Lipinski definition) is 0. The summed E-state index contributed by atoms with van der Waals surface area (Å²) in [7, 11) is 0. The van der Waals surface area contributed by atoms with Gasteiger partial charge in [0.1, 0.15) is 5.82 Å². The van der Waals surface area contributed by atoms with E-state index in [1.807, 2.05) is 16.2 Å². The number of likely N-dealkylation sites (tertiary alicyclic amines) is 1. The fourth-order valence-corrected chi connectivity index (χ4v) is 4.23. The van der Waals surface area contributed by atoms with E-state index in [1.54, 1.807) is 19.1 Å². The van der Waals surface area contributed by atoms with Crippen LogP contribution in [0.4, 0.5) is 4.39 Å². The molecule has 0 saturated carbocycles. The maximum absolute atomic E-state index is 13.6. The van der Waals surface area contributed by atoms with Crippen molar-refractivity contribution in [2.45, 2.75) is 25.9 Å². The van der Waals surface area contributed by atoms with Crippen molar-refractivity contribution >= 4 is 17.2 Å². The average Bonchev–Trinajstić information content (AvgIpc) is 2.96. The van der Waals surface area contributed by atoms with E-state index in [-0.39, 0.29) is 11.7 Å². The molecule has 0 unspecified atom stereocenters. The number of halogens is 1. The molecule has 0 atom stereocenters. The van der Waals surface area contributed by atoms with Crippen LogP contribution in [0.5, 0.6) is 0 Å². The lowest BCUT2D eigenvalue weighted by molar-refractivity contribution is 0.0220. The first-order valence-electron chi connectivity index (χ1n) is 7.96. The van der Waals surface area contributed by atoms with Crippen LogP contribution in [0.3, 0.4) is 0 Å². The Kier molecular flexibility index (Phi) is 3.70. The zero-order valence-corrected chi connectivity index (χ0v) is 13.9. The van der Waals surface area contributed by atoms with Crippen molar-refractivity contribution in [2.24, 2.45) is 0 Å². The largest absolute Gasteiger partial charge is 0.335 e. The molecule has 120 valence electrons. The Labute approximate surface area is 139 Å². The molecule has 2 aromatic rings. The monoisotopic (exact) mass is 330 g/mol. The second-order valence-corrected chi connectivity index (χ2v) is 7.42. The number of aryl methyl sites for hydroxylation is 1. The zero-order valence-electron chi connectivity index (χ0n) is 13.1. The van der Waals surface area contributed by atoms with Gasteiger partial charge in [0, 0.05) is 42.7 Å². The molecular formula is C18H19FN2OS. The summed E-state index contributed by atoms with van der Waals surface area (Å²) in [6.07, 6.45) is 1.11. The van der Waals surface area contributed by atoms with Gasteiger partial charge in [0.05, 0.1) is 0 Å². The molecule has 0 spiro atoms. The number of amides is 1. The third-order valence-corrected chi connectivity index (χ3v) is 5.94. The van der Waals surface area contributed by atoms with Crippen molar-refractivity contribution in [2.75, 3.05) is 19.6 Å². The van der Waals surface area contributed by atoms with E-state index in [0.717, 1.165) is 32.6 Å². The summed E-state index contributed by atoms with van der Waals surface area (Å²) in [5.41, 5.74) is 2.46. The molecule has 4 rings (SSSR count). The molecule has 0 radical (unpaired) electrons. The standard InChI is InChI=1S/C18H19FN2OS/c1-12-2-3-13(8-16(12)19)18(22)21-10-15(11-21)20-6-4-17-14(9-20)5-7-23-17/h2-3,5,7-8,15H,4,6,9-11H2,1H3. The molecule has 0 aliphatic carbocycles. The van der Waals surface area contributed by atoms with Gasteiger partial charge in [-0.25, -0.2) is 4.39 Å². The highest BCUT2D eigenvalue weighted by Gasteiger charge is 2.36. The van der Waals surface area contributed by atoms with Gasteiger partial charge in [-0.3, -0.25) is 9.69 Å². The Morgan fingerprint density at radius 1 is 1.30 bits per heavy atom. The second-order valence-electron chi connectivity index (χ2n) is 6.42. The number of carbonyl (C=O) groups excluding carboxylic acids is 1. The van der Waals surface area contributed by atoms with Crippen molar-refractivity contribution in [3.8, 4) is 0 Å². The molecule has 0 N–H and O–H groups in total. The van der Waals surface area contributed by atoms with Crippen molar-refractivity contribution in [1.29, 1.82) is 0 Å². The molecule has 1 amide bonds. The van der Waals surface area contributed by atoms with Crippen molar-refractivity contribution in [3.63, 3.8) is 0 Å². The van der Waals surface area contributed by atoms with Crippen LogP contribution in [0.1, 0.15) is 26.4 Å². The van der Waals surface area contributed by atoms with Crippen LogP contribution < -0.4 is 0 Å². The lowest BCUT2D eigenvalue weighted by Gasteiger charge is -2.46. The molecule has 3 heterocycles. The van der Waals surface area contributed by atoms with Crippen molar-refractivity contribution in [1.82, 2.24) is 9.80 Å². The third kappa shape index (κ3) is 2.68. The smallest absolute Gasteiger partial charge is 0.254 e. The highest BCUT2D eigenvalue weighted by atomic mass is 32.1. The minimum atomic E-state index is -0.311. The van der Waals surface area contributed by atoms with Gasteiger partial charge in [0.2, 0.25) is 0 Å². The van der Waals surface area contributed by atoms with E-state index in [4.69, 9.17) is 0 Å². The number of fused-ring (bicyclic) bond motifs is 1. The molecule has 3 nitrogen and oxygen atoms in total. The highest BCUT2D eigenvalue weighted by molar-refractivity contribution is 7.10. The van der Waals surface area contributed by atoms with Gasteiger partial charge in [-0.1, -0.05) is 6.07 Å². The van der Waals surface area contributed by atoms with Crippen LogP contribution in [0.15, 0.2) is 29.6 Å². The van der Waals surface area contributed by atoms with Gasteiger partial charge in [-0.2, -0.15) is 0 Å². The lowest BCUT2D eigenvalue weighted by Crippen LogP contribution is -2.61. The predicted octanol–water partition coefficient (Wildman–Crippen LogP) is 3.08. The molecule has 1 fully saturated rings. The first-order chi connectivity index (χ1) is 11.1. The maximum atomic E-state index is 13.6. The maximum Gasteiger partial charge on any atom is 0.254 e. The van der Waals surface area contributed by atoms with Crippen LogP contribution in [-0.2, 0) is 13.0 Å². The highest BCUT2D eigenvalue weighted by Crippen LogP contribution is 2.28. The van der Waals surface area contributed by atoms with Crippen molar-refractivity contribution in [3.05, 3.63) is 57.0 Å². The van der Waals surface area contributed by atoms with E-state index in [2.05, 4.69) is 16.3 Å². The van der Waals surface area contributed by atoms with E-state index >= 15 is 0 Å². The van der Waals surface area contributed by atoms with Gasteiger partial charge < -0.3 is 4.90 Å². The molecule has 1 aromatic carbocycles. The number of carbonyl (C=O) groups is 1. The minimum Gasteiger partial charge on any atom is -0.335 e. The Morgan fingerprint density at radius 2 is 2.13 bits per heavy atom. The normalized spacial score (nSPS) is 18.6. The molecule has 1 saturated heterocycles. The molecular weight excluding hydrogens is 311 g/mol. The first kappa shape index (κ1) is 14.8. The third-order valence-electron chi connectivity index (χ3n) is 4.92. The summed E-state index contributed by atoms with van der Waals surface area (Å²) in [6, 6.07) is 7.38. The number of thiophene rings is 1. The summed E-state index contributed by atoms with van der Waals surface area (Å²) >= 11 is 1.84. The van der Waals surface area contributed by atoms with Gasteiger partial charge >= 0.3 is 0 Å². The second kappa shape index (κ2) is 5.73. The Bertz CT molecular complexity index is 751. The fraction of sp³-hybridized carbons (Fsp3) is 0.389. The lowest BCUT2D eigenvalue weighted by atomic mass is 10.0. The molecule has 2 aliphatic heterocycles. The predicted molar refractivity (Wildman–Crippen MR) is 89.3 cm³/mol. The van der Waals surface area contributed by atoms with Crippen LogP contribution in [0.2, 0.25) is 0 Å². The molecule has 2 aliphatic rings. The average molecular weight is 330 g/mol. The van der Waals surface area contributed by atoms with E-state index in [1.165, 1.54) is 16.5 Å². The van der Waals surface area contributed by atoms with E-state index in [9.17, 15) is 9.18 Å². The fourth-order valence-electron chi connectivity index (χ4n) is 3.34. The Hall–Kier alpha value is -1.72. The quantitative estimate of drug-likeness (QED) is 0.845. The minimum absolute atomic E-state index is 0.0617. The van der Waals surface area contributed by atoms with Crippen LogP contribution in [0.25, 0.3) is 0 Å². The van der Waals surface area contributed by atoms with Gasteiger partial charge in [-0.15, -0.1) is 11.3 Å². The van der Waals surface area contributed by atoms with Gasteiger partial charge in [0.25, 0.3) is 5.91 Å². The van der Waals surface area contributed by atoms with Crippen LogP contribution in [-0.4, -0.2) is 41.4 Å². The Morgan fingerprint density at radius 3 is 2.91 bits per heavy atom. The van der Waals surface area contributed by atoms with Crippen molar-refractivity contribution < 1.29 is 9.18 Å². The number of nitrogens with zero attached hydrogens (tertiary/aromatic N) is 2. The van der Waals surface area contributed by atoms with E-state index < -0.39 is 0 Å². The summed E-state index contributed by atoms with van der Waals surface area (Å²) in [4.78, 5) is 18.2. The zero-order chi connectivity index (χ0) is 16.0. The van der Waals surface area contributed by atoms with Crippen LogP contribution in [0, 0.1) is 12.7 Å². The molecule has 0 bridgehead atoms. The van der Waals surface area contributed by atoms with Gasteiger partial charge in [0.15, 0.2) is 0 Å². The molecule has 5 heteroatoms. The topological polar surface area (TPSA) is 23.6 Å². The summed E-state index contributed by atoms with van der Waals surface area (Å²) in [6.45, 7) is 5.25. The molecule has 23 heavy (non-hydrogen) atoms. The number of benzene rings is 1. The first-order valence-corrected chi connectivity index (χ1v) is 8.84. The number of hydrogen-bond acceptors (Lipinski definition) is 3. The summed E-state index contributed by atoms with van der Waals surface area (Å²) in [5.74, 6) is -0.373. The molecule has 1 aromatic heterocycles. The summed E-state index contributed by atoms with van der Waals surface area (Å²) in [5, 5.41) is 2.16. The SMILES string of the molecule is Cc1ccc(C(=O)N2CC(N3CCc4sccc4C3)C2)cc1F. The van der Waals surface area contributed by atoms with Gasteiger partial charge in [-0.05, 0) is 48.1 Å². The number of rotatable bonds is 2.